The van der Waals surface area contributed by atoms with Crippen molar-refractivity contribution >= 4 is 27.9 Å². The molecule has 3 nitrogen and oxygen atoms in total. The van der Waals surface area contributed by atoms with E-state index in [4.69, 9.17) is 11.6 Å². The maximum absolute atomic E-state index is 9.37. The molecule has 1 atom stereocenters. The predicted molar refractivity (Wildman–Crippen MR) is 48.7 cm³/mol. The molecule has 0 spiro atoms. The van der Waals surface area contributed by atoms with Gasteiger partial charge in [0.15, 0.2) is 10.1 Å². The molecule has 12 heavy (non-hydrogen) atoms. The third-order valence-electron chi connectivity index (χ3n) is 1.65. The highest BCUT2D eigenvalue weighted by Gasteiger charge is 2.14. The zero-order valence-electron chi connectivity index (χ0n) is 6.36. The van der Waals surface area contributed by atoms with Crippen molar-refractivity contribution in [1.82, 2.24) is 9.38 Å². The van der Waals surface area contributed by atoms with Crippen LogP contribution >= 0.6 is 22.9 Å². The Balaban J connectivity index is 2.76. The van der Waals surface area contributed by atoms with Gasteiger partial charge in [-0.1, -0.05) is 11.6 Å². The number of nitrogens with zero attached hydrogens (tertiary/aromatic N) is 2. The van der Waals surface area contributed by atoms with Crippen molar-refractivity contribution in [3.63, 3.8) is 0 Å². The normalized spacial score (nSPS) is 13.9. The van der Waals surface area contributed by atoms with Gasteiger partial charge < -0.3 is 5.11 Å². The number of aliphatic hydroxyl groups excluding tert-OH is 1. The monoisotopic (exact) mass is 202 g/mol. The van der Waals surface area contributed by atoms with Gasteiger partial charge in [-0.05, 0) is 6.92 Å². The van der Waals surface area contributed by atoms with Gasteiger partial charge in [-0.3, -0.25) is 4.40 Å². The summed E-state index contributed by atoms with van der Waals surface area (Å²) in [6.45, 7) is 1.67. The second-order valence-electron chi connectivity index (χ2n) is 2.52. The first-order valence-corrected chi connectivity index (χ1v) is 4.75. The highest BCUT2D eigenvalue weighted by molar-refractivity contribution is 7.15. The molecule has 2 heterocycles. The molecule has 0 radical (unpaired) electrons. The molecule has 1 unspecified atom stereocenters. The van der Waals surface area contributed by atoms with E-state index in [0.29, 0.717) is 10.8 Å². The van der Waals surface area contributed by atoms with E-state index in [0.717, 1.165) is 4.96 Å². The van der Waals surface area contributed by atoms with Crippen molar-refractivity contribution in [3.8, 4) is 0 Å². The van der Waals surface area contributed by atoms with E-state index in [9.17, 15) is 5.11 Å². The SMILES string of the molecule is CC(O)c1c(Cl)nc2sccn12. The Bertz CT molecular complexity index is 406. The first kappa shape index (κ1) is 8.04. The number of aliphatic hydroxyl groups is 1. The molecule has 0 aliphatic carbocycles. The lowest BCUT2D eigenvalue weighted by molar-refractivity contribution is 0.193. The minimum absolute atomic E-state index is 0.386. The highest BCUT2D eigenvalue weighted by Crippen LogP contribution is 2.25. The lowest BCUT2D eigenvalue weighted by Gasteiger charge is -2.01. The molecule has 0 fully saturated rings. The van der Waals surface area contributed by atoms with E-state index in [1.807, 2.05) is 11.6 Å². The first-order valence-electron chi connectivity index (χ1n) is 3.49. The van der Waals surface area contributed by atoms with Crippen molar-refractivity contribution in [2.24, 2.45) is 0 Å². The van der Waals surface area contributed by atoms with Crippen molar-refractivity contribution in [2.75, 3.05) is 0 Å². The largest absolute Gasteiger partial charge is 0.387 e. The Labute approximate surface area is 78.2 Å². The minimum atomic E-state index is -0.581. The molecule has 1 N–H and O–H groups in total. The Morgan fingerprint density at radius 2 is 2.50 bits per heavy atom. The van der Waals surface area contributed by atoms with Crippen LogP contribution in [0.2, 0.25) is 5.15 Å². The maximum Gasteiger partial charge on any atom is 0.195 e. The van der Waals surface area contributed by atoms with Crippen LogP contribution in [0, 0.1) is 0 Å². The average molecular weight is 203 g/mol. The summed E-state index contributed by atoms with van der Waals surface area (Å²) in [5, 5.41) is 11.7. The van der Waals surface area contributed by atoms with E-state index in [2.05, 4.69) is 4.98 Å². The quantitative estimate of drug-likeness (QED) is 0.769. The van der Waals surface area contributed by atoms with Crippen LogP contribution in [-0.2, 0) is 0 Å². The smallest absolute Gasteiger partial charge is 0.195 e. The molecule has 0 amide bonds. The summed E-state index contributed by atoms with van der Waals surface area (Å²) in [7, 11) is 0. The van der Waals surface area contributed by atoms with Crippen LogP contribution in [0.3, 0.4) is 0 Å². The molecular formula is C7H7ClN2OS. The fourth-order valence-corrected chi connectivity index (χ4v) is 2.25. The van der Waals surface area contributed by atoms with Crippen LogP contribution in [0.25, 0.3) is 4.96 Å². The first-order chi connectivity index (χ1) is 5.70. The average Bonchev–Trinajstić information content (AvgIpc) is 2.44. The highest BCUT2D eigenvalue weighted by atomic mass is 35.5. The number of rotatable bonds is 1. The molecule has 0 aliphatic heterocycles. The van der Waals surface area contributed by atoms with Crippen LogP contribution in [0.4, 0.5) is 0 Å². The third-order valence-corrected chi connectivity index (χ3v) is 2.68. The Hall–Kier alpha value is -0.580. The zero-order valence-corrected chi connectivity index (χ0v) is 7.93. The summed E-state index contributed by atoms with van der Waals surface area (Å²) in [4.78, 5) is 4.90. The Morgan fingerprint density at radius 3 is 3.17 bits per heavy atom. The van der Waals surface area contributed by atoms with Gasteiger partial charge in [0.2, 0.25) is 0 Å². The third kappa shape index (κ3) is 1.03. The summed E-state index contributed by atoms with van der Waals surface area (Å²) in [6.07, 6.45) is 1.27. The molecule has 0 aliphatic rings. The van der Waals surface area contributed by atoms with E-state index in [-0.39, 0.29) is 0 Å². The van der Waals surface area contributed by atoms with Gasteiger partial charge in [0.25, 0.3) is 0 Å². The molecule has 0 aromatic carbocycles. The topological polar surface area (TPSA) is 37.5 Å². The van der Waals surface area contributed by atoms with Gasteiger partial charge in [-0.2, -0.15) is 0 Å². The minimum Gasteiger partial charge on any atom is -0.387 e. The van der Waals surface area contributed by atoms with Crippen molar-refractivity contribution in [3.05, 3.63) is 22.4 Å². The van der Waals surface area contributed by atoms with Crippen molar-refractivity contribution in [2.45, 2.75) is 13.0 Å². The summed E-state index contributed by atoms with van der Waals surface area (Å²) in [6, 6.07) is 0. The number of fused-ring (bicyclic) bond motifs is 1. The number of thiazole rings is 1. The Morgan fingerprint density at radius 1 is 1.75 bits per heavy atom. The van der Waals surface area contributed by atoms with Crippen LogP contribution in [0.5, 0.6) is 0 Å². The molecule has 2 aromatic heterocycles. The fraction of sp³-hybridized carbons (Fsp3) is 0.286. The second kappa shape index (κ2) is 2.73. The van der Waals surface area contributed by atoms with E-state index in [1.54, 1.807) is 11.3 Å². The molecule has 0 bridgehead atoms. The summed E-state index contributed by atoms with van der Waals surface area (Å²) in [5.74, 6) is 0. The second-order valence-corrected chi connectivity index (χ2v) is 3.75. The molecule has 0 saturated carbocycles. The van der Waals surface area contributed by atoms with Crippen molar-refractivity contribution < 1.29 is 5.11 Å². The van der Waals surface area contributed by atoms with Gasteiger partial charge in [0.05, 0.1) is 11.8 Å². The lowest BCUT2D eigenvalue weighted by atomic mass is 10.3. The number of hydrogen-bond acceptors (Lipinski definition) is 3. The van der Waals surface area contributed by atoms with Gasteiger partial charge in [0.1, 0.15) is 0 Å². The number of aromatic nitrogens is 2. The van der Waals surface area contributed by atoms with Crippen LogP contribution in [0.15, 0.2) is 11.6 Å². The number of hydrogen-bond donors (Lipinski definition) is 1. The van der Waals surface area contributed by atoms with Gasteiger partial charge >= 0.3 is 0 Å². The van der Waals surface area contributed by atoms with Gasteiger partial charge in [-0.25, -0.2) is 4.98 Å². The molecule has 0 saturated heterocycles. The zero-order chi connectivity index (χ0) is 8.72. The standard InChI is InChI=1S/C7H7ClN2OS/c1-4(11)5-6(8)9-7-10(5)2-3-12-7/h2-4,11H,1H3. The fourth-order valence-electron chi connectivity index (χ4n) is 1.15. The molecule has 2 aromatic rings. The van der Waals surface area contributed by atoms with Gasteiger partial charge in [0, 0.05) is 11.6 Å². The van der Waals surface area contributed by atoms with E-state index >= 15 is 0 Å². The molecule has 2 rings (SSSR count). The number of halogens is 1. The Kier molecular flexibility index (Phi) is 1.83. The van der Waals surface area contributed by atoms with Crippen LogP contribution < -0.4 is 0 Å². The van der Waals surface area contributed by atoms with Crippen LogP contribution in [0.1, 0.15) is 18.7 Å². The van der Waals surface area contributed by atoms with E-state index in [1.165, 1.54) is 11.3 Å². The van der Waals surface area contributed by atoms with Crippen molar-refractivity contribution in [1.29, 1.82) is 0 Å². The van der Waals surface area contributed by atoms with Gasteiger partial charge in [-0.15, -0.1) is 11.3 Å². The molecule has 64 valence electrons. The summed E-state index contributed by atoms with van der Waals surface area (Å²) < 4.78 is 1.80. The molecule has 5 heteroatoms. The summed E-state index contributed by atoms with van der Waals surface area (Å²) >= 11 is 7.31. The lowest BCUT2D eigenvalue weighted by Crippen LogP contribution is -1.95. The van der Waals surface area contributed by atoms with E-state index < -0.39 is 6.10 Å². The molecular weight excluding hydrogens is 196 g/mol. The predicted octanol–water partition coefficient (Wildman–Crippen LogP) is 2.10. The van der Waals surface area contributed by atoms with Crippen LogP contribution in [-0.4, -0.2) is 14.5 Å². The number of imidazole rings is 1. The maximum atomic E-state index is 9.37. The summed E-state index contributed by atoms with van der Waals surface area (Å²) in [5.41, 5.74) is 0.660.